The molecule has 0 aliphatic rings. The molecule has 2 aromatic carbocycles. The van der Waals surface area contributed by atoms with E-state index in [1.165, 1.54) is 6.92 Å². The number of urea groups is 1. The van der Waals surface area contributed by atoms with Crippen LogP contribution in [0.3, 0.4) is 0 Å². The van der Waals surface area contributed by atoms with Crippen molar-refractivity contribution >= 4 is 23.3 Å². The predicted molar refractivity (Wildman–Crippen MR) is 84.1 cm³/mol. The van der Waals surface area contributed by atoms with E-state index in [1.54, 1.807) is 24.3 Å². The lowest BCUT2D eigenvalue weighted by molar-refractivity contribution is -0.114. The third-order valence-electron chi connectivity index (χ3n) is 2.71. The topological polar surface area (TPSA) is 79.5 Å². The summed E-state index contributed by atoms with van der Waals surface area (Å²) in [5.41, 5.74) is 4.53. The van der Waals surface area contributed by atoms with Gasteiger partial charge in [0.05, 0.1) is 6.61 Å². The lowest BCUT2D eigenvalue weighted by Crippen LogP contribution is -2.28. The van der Waals surface area contributed by atoms with Crippen molar-refractivity contribution in [3.8, 4) is 0 Å². The second-order valence-electron chi connectivity index (χ2n) is 4.59. The molecule has 0 radical (unpaired) electrons. The molecular formula is C16H17N3O3. The van der Waals surface area contributed by atoms with Gasteiger partial charge >= 0.3 is 6.03 Å². The van der Waals surface area contributed by atoms with Crippen molar-refractivity contribution in [3.63, 3.8) is 0 Å². The molecule has 22 heavy (non-hydrogen) atoms. The molecule has 2 rings (SSSR count). The molecule has 3 amide bonds. The van der Waals surface area contributed by atoms with Crippen molar-refractivity contribution < 1.29 is 14.4 Å². The van der Waals surface area contributed by atoms with E-state index in [9.17, 15) is 9.59 Å². The van der Waals surface area contributed by atoms with Crippen molar-refractivity contribution in [2.45, 2.75) is 13.5 Å². The summed E-state index contributed by atoms with van der Waals surface area (Å²) in [7, 11) is 0. The molecule has 6 nitrogen and oxygen atoms in total. The predicted octanol–water partition coefficient (Wildman–Crippen LogP) is 2.90. The van der Waals surface area contributed by atoms with Gasteiger partial charge in [-0.05, 0) is 29.8 Å². The Kier molecular flexibility index (Phi) is 5.50. The van der Waals surface area contributed by atoms with Crippen molar-refractivity contribution in [1.29, 1.82) is 0 Å². The summed E-state index contributed by atoms with van der Waals surface area (Å²) in [5.74, 6) is -0.146. The fourth-order valence-electron chi connectivity index (χ4n) is 1.76. The summed E-state index contributed by atoms with van der Waals surface area (Å²) in [6.07, 6.45) is 0. The number of hydrogen-bond acceptors (Lipinski definition) is 3. The SMILES string of the molecule is CC(=O)Nc1ccc(NC(=O)NOCc2ccccc2)cc1. The van der Waals surface area contributed by atoms with E-state index in [0.29, 0.717) is 11.4 Å². The van der Waals surface area contributed by atoms with Gasteiger partial charge in [0.1, 0.15) is 0 Å². The minimum Gasteiger partial charge on any atom is -0.326 e. The summed E-state index contributed by atoms with van der Waals surface area (Å²) >= 11 is 0. The number of anilines is 2. The lowest BCUT2D eigenvalue weighted by atomic mass is 10.2. The number of benzene rings is 2. The Bertz CT molecular complexity index is 627. The average Bonchev–Trinajstić information content (AvgIpc) is 2.50. The highest BCUT2D eigenvalue weighted by atomic mass is 16.7. The van der Waals surface area contributed by atoms with Gasteiger partial charge in [-0.1, -0.05) is 30.3 Å². The molecule has 0 spiro atoms. The van der Waals surface area contributed by atoms with Gasteiger partial charge in [-0.15, -0.1) is 0 Å². The third kappa shape index (κ3) is 5.26. The van der Waals surface area contributed by atoms with Crippen LogP contribution in [0.15, 0.2) is 54.6 Å². The van der Waals surface area contributed by atoms with Gasteiger partial charge in [-0.25, -0.2) is 10.3 Å². The second kappa shape index (κ2) is 7.80. The van der Waals surface area contributed by atoms with Gasteiger partial charge in [0.15, 0.2) is 0 Å². The molecule has 3 N–H and O–H groups in total. The van der Waals surface area contributed by atoms with Crippen LogP contribution in [0.2, 0.25) is 0 Å². The first kappa shape index (κ1) is 15.5. The minimum atomic E-state index is -0.469. The third-order valence-corrected chi connectivity index (χ3v) is 2.71. The zero-order valence-corrected chi connectivity index (χ0v) is 12.1. The van der Waals surface area contributed by atoms with Gasteiger partial charge in [0.25, 0.3) is 0 Å². The summed E-state index contributed by atoms with van der Waals surface area (Å²) < 4.78 is 0. The standard InChI is InChI=1S/C16H17N3O3/c1-12(20)17-14-7-9-15(10-8-14)18-16(21)19-22-11-13-5-3-2-4-6-13/h2-10H,11H2,1H3,(H,17,20)(H2,18,19,21). The molecule has 0 heterocycles. The van der Waals surface area contributed by atoms with Crippen molar-refractivity contribution in [1.82, 2.24) is 5.48 Å². The molecule has 0 saturated carbocycles. The monoisotopic (exact) mass is 299 g/mol. The Morgan fingerprint density at radius 1 is 0.909 bits per heavy atom. The van der Waals surface area contributed by atoms with E-state index in [4.69, 9.17) is 4.84 Å². The Balaban J connectivity index is 1.75. The Morgan fingerprint density at radius 3 is 2.09 bits per heavy atom. The quantitative estimate of drug-likeness (QED) is 0.743. The molecule has 0 bridgehead atoms. The lowest BCUT2D eigenvalue weighted by Gasteiger charge is -2.09. The summed E-state index contributed by atoms with van der Waals surface area (Å²) in [5, 5.41) is 5.27. The molecular weight excluding hydrogens is 282 g/mol. The summed E-state index contributed by atoms with van der Waals surface area (Å²) in [4.78, 5) is 27.7. The van der Waals surface area contributed by atoms with Crippen LogP contribution in [-0.4, -0.2) is 11.9 Å². The Morgan fingerprint density at radius 2 is 1.50 bits per heavy atom. The van der Waals surface area contributed by atoms with E-state index in [-0.39, 0.29) is 12.5 Å². The first-order valence-electron chi connectivity index (χ1n) is 6.74. The molecule has 6 heteroatoms. The number of rotatable bonds is 5. The van der Waals surface area contributed by atoms with Crippen LogP contribution >= 0.6 is 0 Å². The maximum atomic E-state index is 11.6. The molecule has 0 aliphatic carbocycles. The molecule has 0 fully saturated rings. The van der Waals surface area contributed by atoms with Crippen LogP contribution in [0.5, 0.6) is 0 Å². The van der Waals surface area contributed by atoms with Crippen molar-refractivity contribution in [2.75, 3.05) is 10.6 Å². The number of amides is 3. The van der Waals surface area contributed by atoms with E-state index in [0.717, 1.165) is 5.56 Å². The smallest absolute Gasteiger partial charge is 0.326 e. The zero-order chi connectivity index (χ0) is 15.8. The summed E-state index contributed by atoms with van der Waals surface area (Å²) in [6, 6.07) is 15.8. The highest BCUT2D eigenvalue weighted by Gasteiger charge is 2.02. The maximum absolute atomic E-state index is 11.6. The van der Waals surface area contributed by atoms with Crippen LogP contribution in [0.1, 0.15) is 12.5 Å². The first-order chi connectivity index (χ1) is 10.6. The molecule has 0 aromatic heterocycles. The van der Waals surface area contributed by atoms with Crippen LogP contribution in [0.25, 0.3) is 0 Å². The number of carbonyl (C=O) groups is 2. The van der Waals surface area contributed by atoms with Crippen LogP contribution in [0.4, 0.5) is 16.2 Å². The Hall–Kier alpha value is -2.86. The zero-order valence-electron chi connectivity index (χ0n) is 12.1. The molecule has 0 atom stereocenters. The highest BCUT2D eigenvalue weighted by Crippen LogP contribution is 2.13. The van der Waals surface area contributed by atoms with Crippen LogP contribution < -0.4 is 16.1 Å². The van der Waals surface area contributed by atoms with Crippen molar-refractivity contribution in [3.05, 3.63) is 60.2 Å². The van der Waals surface area contributed by atoms with Gasteiger partial charge in [0.2, 0.25) is 5.91 Å². The highest BCUT2D eigenvalue weighted by molar-refractivity contribution is 5.90. The first-order valence-corrected chi connectivity index (χ1v) is 6.74. The molecule has 0 unspecified atom stereocenters. The molecule has 0 saturated heterocycles. The van der Waals surface area contributed by atoms with E-state index in [1.807, 2.05) is 30.3 Å². The fraction of sp³-hybridized carbons (Fsp3) is 0.125. The number of carbonyl (C=O) groups excluding carboxylic acids is 2. The van der Waals surface area contributed by atoms with E-state index >= 15 is 0 Å². The van der Waals surface area contributed by atoms with Crippen molar-refractivity contribution in [2.24, 2.45) is 0 Å². The van der Waals surface area contributed by atoms with Gasteiger partial charge < -0.3 is 10.6 Å². The van der Waals surface area contributed by atoms with E-state index in [2.05, 4.69) is 16.1 Å². The second-order valence-corrected chi connectivity index (χ2v) is 4.59. The van der Waals surface area contributed by atoms with Gasteiger partial charge in [0, 0.05) is 18.3 Å². The van der Waals surface area contributed by atoms with Crippen LogP contribution in [-0.2, 0) is 16.2 Å². The Labute approximate surface area is 128 Å². The van der Waals surface area contributed by atoms with Crippen LogP contribution in [0, 0.1) is 0 Å². The minimum absolute atomic E-state index is 0.146. The maximum Gasteiger partial charge on any atom is 0.343 e. The number of nitrogens with one attached hydrogen (secondary N) is 3. The number of hydroxylamine groups is 1. The van der Waals surface area contributed by atoms with Gasteiger partial charge in [-0.3, -0.25) is 9.63 Å². The normalized spacial score (nSPS) is 9.86. The summed E-state index contributed by atoms with van der Waals surface area (Å²) in [6.45, 7) is 1.72. The average molecular weight is 299 g/mol. The fourth-order valence-corrected chi connectivity index (χ4v) is 1.76. The molecule has 114 valence electrons. The van der Waals surface area contributed by atoms with Gasteiger partial charge in [-0.2, -0.15) is 0 Å². The number of hydrogen-bond donors (Lipinski definition) is 3. The molecule has 0 aliphatic heterocycles. The molecule has 2 aromatic rings. The van der Waals surface area contributed by atoms with E-state index < -0.39 is 6.03 Å². The largest absolute Gasteiger partial charge is 0.343 e.